The van der Waals surface area contributed by atoms with Gasteiger partial charge in [0.1, 0.15) is 0 Å². The number of nitrogens with zero attached hydrogens (tertiary/aromatic N) is 2. The third-order valence-corrected chi connectivity index (χ3v) is 1.89. The third kappa shape index (κ3) is 2.61. The van der Waals surface area contributed by atoms with E-state index in [1.807, 2.05) is 25.0 Å². The van der Waals surface area contributed by atoms with Crippen LogP contribution in [0.15, 0.2) is 6.20 Å². The second-order valence-electron chi connectivity index (χ2n) is 3.59. The highest BCUT2D eigenvalue weighted by molar-refractivity contribution is 5.37. The van der Waals surface area contributed by atoms with Gasteiger partial charge in [-0.1, -0.05) is 25.7 Å². The number of aromatic nitrogens is 2. The molecule has 0 unspecified atom stereocenters. The molecule has 3 heteroatoms. The average molecular weight is 191 g/mol. The zero-order valence-corrected chi connectivity index (χ0v) is 9.26. The number of hydrogen-bond acceptors (Lipinski definition) is 2. The van der Waals surface area contributed by atoms with E-state index < -0.39 is 0 Å². The van der Waals surface area contributed by atoms with Gasteiger partial charge in [0.15, 0.2) is 0 Å². The molecular formula is C11H17N3. The van der Waals surface area contributed by atoms with E-state index in [1.54, 1.807) is 0 Å². The zero-order valence-electron chi connectivity index (χ0n) is 9.26. The maximum Gasteiger partial charge on any atom is 0.0806 e. The first-order valence-electron chi connectivity index (χ1n) is 4.82. The highest BCUT2D eigenvalue weighted by Crippen LogP contribution is 2.15. The van der Waals surface area contributed by atoms with Crippen molar-refractivity contribution in [3.63, 3.8) is 0 Å². The van der Waals surface area contributed by atoms with E-state index in [1.165, 1.54) is 0 Å². The highest BCUT2D eigenvalue weighted by atomic mass is 15.3. The van der Waals surface area contributed by atoms with Crippen LogP contribution in [0.4, 0.5) is 0 Å². The van der Waals surface area contributed by atoms with Gasteiger partial charge in [0, 0.05) is 13.2 Å². The molecule has 0 aliphatic rings. The van der Waals surface area contributed by atoms with Crippen LogP contribution >= 0.6 is 0 Å². The van der Waals surface area contributed by atoms with Gasteiger partial charge in [-0.05, 0) is 13.0 Å². The van der Waals surface area contributed by atoms with Crippen LogP contribution in [-0.4, -0.2) is 23.4 Å². The van der Waals surface area contributed by atoms with E-state index in [-0.39, 0.29) is 0 Å². The van der Waals surface area contributed by atoms with Gasteiger partial charge in [0.25, 0.3) is 0 Å². The minimum Gasteiger partial charge on any atom is -0.309 e. The summed E-state index contributed by atoms with van der Waals surface area (Å²) in [5.74, 6) is 6.59. The SMILES string of the molecule is CNCC#Cc1cn(C)nc1C(C)C. The number of rotatable bonds is 2. The van der Waals surface area contributed by atoms with Crippen LogP contribution in [0.5, 0.6) is 0 Å². The molecule has 1 aromatic rings. The molecule has 1 aromatic heterocycles. The summed E-state index contributed by atoms with van der Waals surface area (Å²) in [6, 6.07) is 0. The standard InChI is InChI=1S/C11H17N3/c1-9(2)11-10(6-5-7-12-3)8-14(4)13-11/h8-9,12H,7H2,1-4H3. The van der Waals surface area contributed by atoms with Crippen molar-refractivity contribution < 1.29 is 0 Å². The van der Waals surface area contributed by atoms with E-state index in [0.717, 1.165) is 11.3 Å². The lowest BCUT2D eigenvalue weighted by Gasteiger charge is -1.98. The van der Waals surface area contributed by atoms with E-state index in [9.17, 15) is 0 Å². The molecule has 0 saturated carbocycles. The Morgan fingerprint density at radius 2 is 2.29 bits per heavy atom. The number of aryl methyl sites for hydroxylation is 1. The summed E-state index contributed by atoms with van der Waals surface area (Å²) in [6.45, 7) is 4.98. The van der Waals surface area contributed by atoms with E-state index in [4.69, 9.17) is 0 Å². The fraction of sp³-hybridized carbons (Fsp3) is 0.545. The molecule has 0 saturated heterocycles. The van der Waals surface area contributed by atoms with Gasteiger partial charge in [-0.15, -0.1) is 0 Å². The van der Waals surface area contributed by atoms with E-state index in [2.05, 4.69) is 36.1 Å². The van der Waals surface area contributed by atoms with Gasteiger partial charge < -0.3 is 5.32 Å². The molecule has 1 heterocycles. The lowest BCUT2D eigenvalue weighted by Crippen LogP contribution is -2.04. The third-order valence-electron chi connectivity index (χ3n) is 1.89. The fourth-order valence-corrected chi connectivity index (χ4v) is 1.26. The lowest BCUT2D eigenvalue weighted by atomic mass is 10.1. The molecule has 0 atom stereocenters. The molecule has 0 aliphatic heterocycles. The largest absolute Gasteiger partial charge is 0.309 e. The molecule has 0 amide bonds. The molecule has 0 aliphatic carbocycles. The molecule has 76 valence electrons. The van der Waals surface area contributed by atoms with Crippen molar-refractivity contribution in [1.29, 1.82) is 0 Å². The Bertz CT molecular complexity index is 352. The predicted molar refractivity (Wildman–Crippen MR) is 58.1 cm³/mol. The van der Waals surface area contributed by atoms with Crippen LogP contribution in [0.1, 0.15) is 31.0 Å². The van der Waals surface area contributed by atoms with Crippen molar-refractivity contribution in [1.82, 2.24) is 15.1 Å². The van der Waals surface area contributed by atoms with Crippen molar-refractivity contribution in [2.75, 3.05) is 13.6 Å². The summed E-state index contributed by atoms with van der Waals surface area (Å²) in [7, 11) is 3.82. The summed E-state index contributed by atoms with van der Waals surface area (Å²) in [5, 5.41) is 7.38. The quantitative estimate of drug-likeness (QED) is 0.710. The number of hydrogen-bond donors (Lipinski definition) is 1. The van der Waals surface area contributed by atoms with Crippen molar-refractivity contribution in [2.45, 2.75) is 19.8 Å². The Morgan fingerprint density at radius 3 is 2.86 bits per heavy atom. The Kier molecular flexibility index (Phi) is 3.73. The van der Waals surface area contributed by atoms with Crippen molar-refractivity contribution in [2.24, 2.45) is 7.05 Å². The number of nitrogens with one attached hydrogen (secondary N) is 1. The predicted octanol–water partition coefficient (Wildman–Crippen LogP) is 1.11. The second-order valence-corrected chi connectivity index (χ2v) is 3.59. The van der Waals surface area contributed by atoms with Crippen molar-refractivity contribution in [3.05, 3.63) is 17.5 Å². The molecule has 0 aromatic carbocycles. The molecule has 0 fully saturated rings. The van der Waals surface area contributed by atoms with Crippen LogP contribution in [0, 0.1) is 11.8 Å². The zero-order chi connectivity index (χ0) is 10.6. The maximum atomic E-state index is 4.38. The Hall–Kier alpha value is -1.27. The molecule has 3 nitrogen and oxygen atoms in total. The van der Waals surface area contributed by atoms with Gasteiger partial charge in [0.05, 0.1) is 17.8 Å². The van der Waals surface area contributed by atoms with Crippen molar-refractivity contribution in [3.8, 4) is 11.8 Å². The lowest BCUT2D eigenvalue weighted by molar-refractivity contribution is 0.713. The topological polar surface area (TPSA) is 29.9 Å². The summed E-state index contributed by atoms with van der Waals surface area (Å²) in [5.41, 5.74) is 2.12. The van der Waals surface area contributed by atoms with Crippen LogP contribution in [0.25, 0.3) is 0 Å². The molecular weight excluding hydrogens is 174 g/mol. The fourth-order valence-electron chi connectivity index (χ4n) is 1.26. The highest BCUT2D eigenvalue weighted by Gasteiger charge is 2.08. The molecule has 0 radical (unpaired) electrons. The van der Waals surface area contributed by atoms with Gasteiger partial charge in [0.2, 0.25) is 0 Å². The van der Waals surface area contributed by atoms with Gasteiger partial charge in [-0.25, -0.2) is 0 Å². The Balaban J connectivity index is 2.91. The molecule has 0 bridgehead atoms. The molecule has 1 rings (SSSR count). The molecule has 1 N–H and O–H groups in total. The normalized spacial score (nSPS) is 10.1. The Labute approximate surface area is 85.5 Å². The second kappa shape index (κ2) is 4.83. The smallest absolute Gasteiger partial charge is 0.0806 e. The first-order valence-corrected chi connectivity index (χ1v) is 4.82. The summed E-state index contributed by atoms with van der Waals surface area (Å²) >= 11 is 0. The van der Waals surface area contributed by atoms with E-state index >= 15 is 0 Å². The maximum absolute atomic E-state index is 4.38. The van der Waals surface area contributed by atoms with Crippen LogP contribution in [0.3, 0.4) is 0 Å². The summed E-state index contributed by atoms with van der Waals surface area (Å²) in [4.78, 5) is 0. The van der Waals surface area contributed by atoms with Crippen LogP contribution in [-0.2, 0) is 7.05 Å². The summed E-state index contributed by atoms with van der Waals surface area (Å²) in [6.07, 6.45) is 1.97. The average Bonchev–Trinajstić information content (AvgIpc) is 2.47. The molecule has 0 spiro atoms. The van der Waals surface area contributed by atoms with Crippen LogP contribution < -0.4 is 5.32 Å². The minimum atomic E-state index is 0.426. The van der Waals surface area contributed by atoms with Crippen molar-refractivity contribution >= 4 is 0 Å². The minimum absolute atomic E-state index is 0.426. The van der Waals surface area contributed by atoms with Gasteiger partial charge in [-0.2, -0.15) is 5.10 Å². The van der Waals surface area contributed by atoms with E-state index in [0.29, 0.717) is 12.5 Å². The first-order chi connectivity index (χ1) is 6.65. The molecule has 14 heavy (non-hydrogen) atoms. The monoisotopic (exact) mass is 191 g/mol. The van der Waals surface area contributed by atoms with Crippen LogP contribution in [0.2, 0.25) is 0 Å². The first kappa shape index (κ1) is 10.8. The Morgan fingerprint density at radius 1 is 1.57 bits per heavy atom. The summed E-state index contributed by atoms with van der Waals surface area (Å²) < 4.78 is 1.82. The van der Waals surface area contributed by atoms with Gasteiger partial charge in [-0.3, -0.25) is 4.68 Å². The van der Waals surface area contributed by atoms with Gasteiger partial charge >= 0.3 is 0 Å².